The van der Waals surface area contributed by atoms with E-state index in [4.69, 9.17) is 5.73 Å². The van der Waals surface area contributed by atoms with Crippen LogP contribution in [0.15, 0.2) is 30.3 Å². The monoisotopic (exact) mass is 218 g/mol. The SMILES string of the molecule is CCC1(N)CCN(Cc2ccccc2)C1=O. The number of amides is 1. The molecule has 1 aliphatic rings. The van der Waals surface area contributed by atoms with E-state index in [0.29, 0.717) is 6.54 Å². The Kier molecular flexibility index (Phi) is 2.97. The van der Waals surface area contributed by atoms with Crippen molar-refractivity contribution in [2.24, 2.45) is 5.73 Å². The van der Waals surface area contributed by atoms with Crippen LogP contribution in [0.5, 0.6) is 0 Å². The standard InChI is InChI=1S/C13H18N2O/c1-2-13(14)8-9-15(12(13)16)10-11-6-4-3-5-7-11/h3-7H,2,8-10,14H2,1H3. The molecule has 0 bridgehead atoms. The van der Waals surface area contributed by atoms with E-state index in [2.05, 4.69) is 0 Å². The zero-order valence-corrected chi connectivity index (χ0v) is 9.65. The van der Waals surface area contributed by atoms with E-state index in [1.54, 1.807) is 0 Å². The highest BCUT2D eigenvalue weighted by atomic mass is 16.2. The summed E-state index contributed by atoms with van der Waals surface area (Å²) in [7, 11) is 0. The van der Waals surface area contributed by atoms with Gasteiger partial charge in [-0.05, 0) is 18.4 Å². The van der Waals surface area contributed by atoms with Crippen LogP contribution in [-0.2, 0) is 11.3 Å². The quantitative estimate of drug-likeness (QED) is 0.836. The fourth-order valence-electron chi connectivity index (χ4n) is 2.14. The molecular formula is C13H18N2O. The van der Waals surface area contributed by atoms with Crippen LogP contribution in [0.2, 0.25) is 0 Å². The average Bonchev–Trinajstić information content (AvgIpc) is 2.60. The van der Waals surface area contributed by atoms with Crippen molar-refractivity contribution in [2.75, 3.05) is 6.54 Å². The van der Waals surface area contributed by atoms with Crippen LogP contribution < -0.4 is 5.73 Å². The summed E-state index contributed by atoms with van der Waals surface area (Å²) < 4.78 is 0. The normalized spacial score (nSPS) is 25.1. The van der Waals surface area contributed by atoms with Gasteiger partial charge in [0.25, 0.3) is 0 Å². The maximum absolute atomic E-state index is 12.1. The van der Waals surface area contributed by atoms with Gasteiger partial charge in [0, 0.05) is 13.1 Å². The number of nitrogens with two attached hydrogens (primary N) is 1. The second-order valence-corrected chi connectivity index (χ2v) is 4.47. The summed E-state index contributed by atoms with van der Waals surface area (Å²) >= 11 is 0. The molecule has 1 fully saturated rings. The van der Waals surface area contributed by atoms with Gasteiger partial charge in [-0.1, -0.05) is 37.3 Å². The summed E-state index contributed by atoms with van der Waals surface area (Å²) in [6.07, 6.45) is 1.49. The van der Waals surface area contributed by atoms with E-state index < -0.39 is 5.54 Å². The van der Waals surface area contributed by atoms with Gasteiger partial charge in [0.1, 0.15) is 0 Å². The Morgan fingerprint density at radius 1 is 1.38 bits per heavy atom. The number of hydrogen-bond donors (Lipinski definition) is 1. The molecular weight excluding hydrogens is 200 g/mol. The number of carbonyl (C=O) groups excluding carboxylic acids is 1. The average molecular weight is 218 g/mol. The van der Waals surface area contributed by atoms with Gasteiger partial charge in [0.05, 0.1) is 5.54 Å². The molecule has 2 rings (SSSR count). The van der Waals surface area contributed by atoms with E-state index in [0.717, 1.165) is 24.9 Å². The van der Waals surface area contributed by atoms with E-state index in [9.17, 15) is 4.79 Å². The first-order valence-electron chi connectivity index (χ1n) is 5.78. The summed E-state index contributed by atoms with van der Waals surface area (Å²) in [6.45, 7) is 3.43. The van der Waals surface area contributed by atoms with Gasteiger partial charge in [-0.15, -0.1) is 0 Å². The molecule has 1 aliphatic heterocycles. The highest BCUT2D eigenvalue weighted by Crippen LogP contribution is 2.24. The van der Waals surface area contributed by atoms with Crippen molar-refractivity contribution >= 4 is 5.91 Å². The number of benzene rings is 1. The molecule has 1 aromatic carbocycles. The lowest BCUT2D eigenvalue weighted by molar-refractivity contribution is -0.132. The van der Waals surface area contributed by atoms with Crippen LogP contribution in [-0.4, -0.2) is 22.9 Å². The first kappa shape index (κ1) is 11.1. The number of rotatable bonds is 3. The lowest BCUT2D eigenvalue weighted by Gasteiger charge is -2.21. The summed E-state index contributed by atoms with van der Waals surface area (Å²) in [5.41, 5.74) is 6.60. The van der Waals surface area contributed by atoms with E-state index in [1.807, 2.05) is 42.2 Å². The molecule has 1 saturated heterocycles. The molecule has 0 aliphatic carbocycles. The highest BCUT2D eigenvalue weighted by Gasteiger charge is 2.41. The second-order valence-electron chi connectivity index (χ2n) is 4.47. The molecule has 3 nitrogen and oxygen atoms in total. The second kappa shape index (κ2) is 4.26. The molecule has 16 heavy (non-hydrogen) atoms. The summed E-state index contributed by atoms with van der Waals surface area (Å²) in [5, 5.41) is 0. The van der Waals surface area contributed by atoms with Gasteiger partial charge in [0.2, 0.25) is 5.91 Å². The Balaban J connectivity index is 2.06. The molecule has 0 aromatic heterocycles. The predicted octanol–water partition coefficient (Wildman–Crippen LogP) is 1.53. The fourth-order valence-corrected chi connectivity index (χ4v) is 2.14. The van der Waals surface area contributed by atoms with E-state index in [1.165, 1.54) is 0 Å². The van der Waals surface area contributed by atoms with Crippen molar-refractivity contribution in [3.63, 3.8) is 0 Å². The number of carbonyl (C=O) groups is 1. The Labute approximate surface area is 96.2 Å². The summed E-state index contributed by atoms with van der Waals surface area (Å²) in [5.74, 6) is 0.0962. The Hall–Kier alpha value is -1.35. The molecule has 1 unspecified atom stereocenters. The third-order valence-corrected chi connectivity index (χ3v) is 3.39. The van der Waals surface area contributed by atoms with Crippen LogP contribution in [0.3, 0.4) is 0 Å². The van der Waals surface area contributed by atoms with Gasteiger partial charge < -0.3 is 10.6 Å². The highest BCUT2D eigenvalue weighted by molar-refractivity contribution is 5.88. The van der Waals surface area contributed by atoms with Crippen LogP contribution in [0.1, 0.15) is 25.3 Å². The van der Waals surface area contributed by atoms with Crippen molar-refractivity contribution in [3.05, 3.63) is 35.9 Å². The Morgan fingerprint density at radius 2 is 2.06 bits per heavy atom. The van der Waals surface area contributed by atoms with Crippen molar-refractivity contribution < 1.29 is 4.79 Å². The van der Waals surface area contributed by atoms with Crippen molar-refractivity contribution in [1.29, 1.82) is 0 Å². The van der Waals surface area contributed by atoms with Crippen LogP contribution in [0, 0.1) is 0 Å². The molecule has 0 radical (unpaired) electrons. The summed E-state index contributed by atoms with van der Waals surface area (Å²) in [4.78, 5) is 13.9. The first-order chi connectivity index (χ1) is 7.65. The third kappa shape index (κ3) is 1.95. The predicted molar refractivity (Wildman–Crippen MR) is 63.7 cm³/mol. The van der Waals surface area contributed by atoms with Crippen molar-refractivity contribution in [1.82, 2.24) is 4.90 Å². The molecule has 3 heteroatoms. The lowest BCUT2D eigenvalue weighted by Crippen LogP contribution is -2.47. The molecule has 1 aromatic rings. The van der Waals surface area contributed by atoms with Crippen molar-refractivity contribution in [2.45, 2.75) is 31.8 Å². The van der Waals surface area contributed by atoms with Gasteiger partial charge in [-0.2, -0.15) is 0 Å². The molecule has 0 spiro atoms. The molecule has 1 heterocycles. The Morgan fingerprint density at radius 3 is 2.62 bits per heavy atom. The van der Waals surface area contributed by atoms with Crippen LogP contribution in [0.4, 0.5) is 0 Å². The molecule has 0 saturated carbocycles. The zero-order chi connectivity index (χ0) is 11.6. The molecule has 86 valence electrons. The maximum Gasteiger partial charge on any atom is 0.243 e. The maximum atomic E-state index is 12.1. The smallest absolute Gasteiger partial charge is 0.243 e. The van der Waals surface area contributed by atoms with E-state index in [-0.39, 0.29) is 5.91 Å². The van der Waals surface area contributed by atoms with Gasteiger partial charge in [-0.3, -0.25) is 4.79 Å². The van der Waals surface area contributed by atoms with Crippen molar-refractivity contribution in [3.8, 4) is 0 Å². The minimum absolute atomic E-state index is 0.0962. The third-order valence-electron chi connectivity index (χ3n) is 3.39. The largest absolute Gasteiger partial charge is 0.337 e. The minimum atomic E-state index is -0.616. The van der Waals surface area contributed by atoms with Crippen LogP contribution in [0.25, 0.3) is 0 Å². The van der Waals surface area contributed by atoms with Gasteiger partial charge in [-0.25, -0.2) is 0 Å². The molecule has 1 amide bonds. The number of likely N-dealkylation sites (tertiary alicyclic amines) is 1. The lowest BCUT2D eigenvalue weighted by atomic mass is 9.96. The Bertz CT molecular complexity index is 377. The minimum Gasteiger partial charge on any atom is -0.337 e. The van der Waals surface area contributed by atoms with Gasteiger partial charge >= 0.3 is 0 Å². The zero-order valence-electron chi connectivity index (χ0n) is 9.65. The molecule has 1 atom stereocenters. The van der Waals surface area contributed by atoms with Crippen LogP contribution >= 0.6 is 0 Å². The van der Waals surface area contributed by atoms with Gasteiger partial charge in [0.15, 0.2) is 0 Å². The number of hydrogen-bond acceptors (Lipinski definition) is 2. The number of nitrogens with zero attached hydrogens (tertiary/aromatic N) is 1. The topological polar surface area (TPSA) is 46.3 Å². The molecule has 2 N–H and O–H groups in total. The van der Waals surface area contributed by atoms with E-state index >= 15 is 0 Å². The fraction of sp³-hybridized carbons (Fsp3) is 0.462. The summed E-state index contributed by atoms with van der Waals surface area (Å²) in [6, 6.07) is 10.0. The first-order valence-corrected chi connectivity index (χ1v) is 5.78.